The van der Waals surface area contributed by atoms with Crippen molar-refractivity contribution in [1.29, 1.82) is 0 Å². The Morgan fingerprint density at radius 3 is 1.50 bits per heavy atom. The molecule has 172 valence electrons. The van der Waals surface area contributed by atoms with Crippen molar-refractivity contribution in [2.75, 3.05) is 0 Å². The minimum absolute atomic E-state index is 0. The van der Waals surface area contributed by atoms with E-state index in [1.54, 1.807) is 12.1 Å². The van der Waals surface area contributed by atoms with Gasteiger partial charge in [-0.05, 0) is 37.4 Å². The van der Waals surface area contributed by atoms with E-state index < -0.39 is 15.3 Å². The van der Waals surface area contributed by atoms with Crippen LogP contribution in [0.15, 0.2) is 60.9 Å². The maximum absolute atomic E-state index is 10.8. The van der Waals surface area contributed by atoms with Crippen LogP contribution in [0.1, 0.15) is 25.2 Å². The van der Waals surface area contributed by atoms with Crippen LogP contribution in [0, 0.1) is 32.4 Å². The van der Waals surface area contributed by atoms with Crippen LogP contribution in [0.2, 0.25) is 0 Å². The Hall–Kier alpha value is -3.91. The summed E-state index contributed by atoms with van der Waals surface area (Å²) in [6.07, 6.45) is 2.74. The SMILES string of the molecule is CC(C)(c1cccc(-c2[c-]cc([N+](=O)[O-])nc2)n1)c1cccc(-c2[c-]cc([N+](=O)[O-])nc2)n1.[Pt+2]. The van der Waals surface area contributed by atoms with Crippen molar-refractivity contribution < 1.29 is 30.9 Å². The molecular weight excluding hydrogens is 619 g/mol. The van der Waals surface area contributed by atoms with Crippen molar-refractivity contribution in [1.82, 2.24) is 19.9 Å². The predicted octanol–water partition coefficient (Wildman–Crippen LogP) is 4.34. The van der Waals surface area contributed by atoms with E-state index in [0.29, 0.717) is 22.5 Å². The molecule has 0 aliphatic heterocycles. The Labute approximate surface area is 208 Å². The third kappa shape index (κ3) is 5.02. The molecule has 0 aliphatic rings. The number of hydrogen-bond donors (Lipinski definition) is 0. The van der Waals surface area contributed by atoms with Gasteiger partial charge in [0.1, 0.15) is 0 Å². The first-order chi connectivity index (χ1) is 15.8. The first-order valence-corrected chi connectivity index (χ1v) is 9.76. The van der Waals surface area contributed by atoms with Gasteiger partial charge in [-0.15, -0.1) is 22.1 Å². The average molecular weight is 635 g/mol. The van der Waals surface area contributed by atoms with Gasteiger partial charge in [-0.3, -0.25) is 0 Å². The number of pyridine rings is 4. The zero-order valence-corrected chi connectivity index (χ0v) is 20.2. The summed E-state index contributed by atoms with van der Waals surface area (Å²) in [7, 11) is 0. The molecule has 0 saturated carbocycles. The molecule has 0 radical (unpaired) electrons. The van der Waals surface area contributed by atoms with E-state index >= 15 is 0 Å². The molecule has 4 rings (SSSR count). The number of rotatable bonds is 6. The van der Waals surface area contributed by atoms with Crippen LogP contribution < -0.4 is 0 Å². The fraction of sp³-hybridized carbons (Fsp3) is 0.130. The first-order valence-electron chi connectivity index (χ1n) is 9.76. The Morgan fingerprint density at radius 1 is 0.765 bits per heavy atom. The Balaban J connectivity index is 0.00000324. The third-order valence-corrected chi connectivity index (χ3v) is 5.07. The fourth-order valence-electron chi connectivity index (χ4n) is 3.17. The molecule has 0 fully saturated rings. The van der Waals surface area contributed by atoms with E-state index in [0.717, 1.165) is 11.4 Å². The molecule has 0 atom stereocenters. The van der Waals surface area contributed by atoms with Crippen LogP contribution in [-0.4, -0.2) is 29.8 Å². The van der Waals surface area contributed by atoms with Gasteiger partial charge in [-0.2, -0.15) is 0 Å². The van der Waals surface area contributed by atoms with Crippen LogP contribution in [-0.2, 0) is 26.5 Å². The zero-order chi connectivity index (χ0) is 23.6. The predicted molar refractivity (Wildman–Crippen MR) is 118 cm³/mol. The molecule has 11 heteroatoms. The van der Waals surface area contributed by atoms with Crippen molar-refractivity contribution in [2.45, 2.75) is 19.3 Å². The summed E-state index contributed by atoms with van der Waals surface area (Å²) < 4.78 is 0. The summed E-state index contributed by atoms with van der Waals surface area (Å²) in [5.74, 6) is -0.567. The fourth-order valence-corrected chi connectivity index (χ4v) is 3.17. The van der Waals surface area contributed by atoms with E-state index in [1.807, 2.05) is 38.1 Å². The van der Waals surface area contributed by atoms with E-state index in [9.17, 15) is 20.2 Å². The van der Waals surface area contributed by atoms with Gasteiger partial charge in [0.15, 0.2) is 0 Å². The van der Waals surface area contributed by atoms with Gasteiger partial charge in [0.25, 0.3) is 11.6 Å². The molecule has 4 heterocycles. The smallest absolute Gasteiger partial charge is 0.366 e. The molecular formula is C23H16N6O4Pt. The van der Waals surface area contributed by atoms with Crippen molar-refractivity contribution in [3.8, 4) is 22.5 Å². The molecule has 0 aliphatic carbocycles. The Morgan fingerprint density at radius 2 is 1.18 bits per heavy atom. The Kier molecular flexibility index (Phi) is 7.22. The van der Waals surface area contributed by atoms with Crippen LogP contribution >= 0.6 is 0 Å². The molecule has 0 N–H and O–H groups in total. The second-order valence-corrected chi connectivity index (χ2v) is 7.59. The van der Waals surface area contributed by atoms with Gasteiger partial charge in [-0.1, -0.05) is 57.4 Å². The standard InChI is InChI=1S/C23H16N6O4.Pt/c1-23(2,19-7-3-5-17(26-19)15-9-11-21(24-13-15)28(30)31)20-8-4-6-18(27-20)16-10-12-22(25-14-16)29(32)33;/h3-8,11-14H,1-2H3;/q-2;+2. The molecule has 0 bridgehead atoms. The molecule has 4 aromatic rings. The molecule has 0 aromatic carbocycles. The van der Waals surface area contributed by atoms with E-state index in [2.05, 4.69) is 22.1 Å². The van der Waals surface area contributed by atoms with Crippen molar-refractivity contribution in [3.63, 3.8) is 0 Å². The normalized spacial score (nSPS) is 10.9. The second-order valence-electron chi connectivity index (χ2n) is 7.59. The summed E-state index contributed by atoms with van der Waals surface area (Å²) in [6.45, 7) is 3.95. The van der Waals surface area contributed by atoms with E-state index in [-0.39, 0.29) is 32.7 Å². The maximum atomic E-state index is 10.8. The monoisotopic (exact) mass is 635 g/mol. The molecule has 0 spiro atoms. The molecule has 0 saturated heterocycles. The van der Waals surface area contributed by atoms with Crippen LogP contribution in [0.4, 0.5) is 11.6 Å². The molecule has 0 amide bonds. The molecule has 4 aromatic heterocycles. The Bertz CT molecular complexity index is 1240. The molecule has 10 nitrogen and oxygen atoms in total. The number of hydrogen-bond acceptors (Lipinski definition) is 8. The van der Waals surface area contributed by atoms with Gasteiger partial charge in [-0.25, -0.2) is 0 Å². The topological polar surface area (TPSA) is 138 Å². The quantitative estimate of drug-likeness (QED) is 0.173. The maximum Gasteiger partial charge on any atom is 2.00 e. The van der Waals surface area contributed by atoms with Gasteiger partial charge in [0, 0.05) is 16.8 Å². The number of nitro groups is 2. The van der Waals surface area contributed by atoms with Gasteiger partial charge < -0.3 is 30.2 Å². The van der Waals surface area contributed by atoms with Crippen molar-refractivity contribution >= 4 is 11.6 Å². The summed E-state index contributed by atoms with van der Waals surface area (Å²) >= 11 is 0. The summed E-state index contributed by atoms with van der Waals surface area (Å²) in [4.78, 5) is 37.6. The van der Waals surface area contributed by atoms with Gasteiger partial charge in [0.05, 0.1) is 12.4 Å². The van der Waals surface area contributed by atoms with Crippen LogP contribution in [0.3, 0.4) is 0 Å². The largest absolute Gasteiger partial charge is 2.00 e. The molecule has 34 heavy (non-hydrogen) atoms. The van der Waals surface area contributed by atoms with Crippen LogP contribution in [0.5, 0.6) is 0 Å². The summed E-state index contributed by atoms with van der Waals surface area (Å²) in [5.41, 5.74) is 3.07. The summed E-state index contributed by atoms with van der Waals surface area (Å²) in [5, 5.41) is 21.7. The van der Waals surface area contributed by atoms with E-state index in [1.165, 1.54) is 24.5 Å². The zero-order valence-electron chi connectivity index (χ0n) is 17.9. The minimum atomic E-state index is -0.603. The van der Waals surface area contributed by atoms with Gasteiger partial charge in [0.2, 0.25) is 0 Å². The second kappa shape index (κ2) is 9.92. The summed E-state index contributed by atoms with van der Waals surface area (Å²) in [6, 6.07) is 19.1. The van der Waals surface area contributed by atoms with Gasteiger partial charge >= 0.3 is 21.1 Å². The first kappa shape index (κ1) is 24.7. The number of nitrogens with zero attached hydrogens (tertiary/aromatic N) is 6. The number of aromatic nitrogens is 4. The van der Waals surface area contributed by atoms with E-state index in [4.69, 9.17) is 9.97 Å². The third-order valence-electron chi connectivity index (χ3n) is 5.07. The molecule has 0 unspecified atom stereocenters. The van der Waals surface area contributed by atoms with Crippen LogP contribution in [0.25, 0.3) is 22.5 Å². The average Bonchev–Trinajstić information content (AvgIpc) is 2.84. The van der Waals surface area contributed by atoms with Crippen molar-refractivity contribution in [2.24, 2.45) is 0 Å². The minimum Gasteiger partial charge on any atom is -0.366 e. The van der Waals surface area contributed by atoms with Crippen molar-refractivity contribution in [3.05, 3.63) is 105 Å².